The summed E-state index contributed by atoms with van der Waals surface area (Å²) in [5, 5.41) is 4.60. The Kier molecular flexibility index (Phi) is 6.43. The van der Waals surface area contributed by atoms with Gasteiger partial charge in [0.05, 0.1) is 22.4 Å². The Morgan fingerprint density at radius 3 is 1.62 bits per heavy atom. The van der Waals surface area contributed by atoms with E-state index in [2.05, 4.69) is 138 Å². The van der Waals surface area contributed by atoms with Crippen molar-refractivity contribution in [1.29, 1.82) is 0 Å². The van der Waals surface area contributed by atoms with Crippen LogP contribution in [0.1, 0.15) is 0 Å². The Morgan fingerprint density at radius 2 is 0.957 bits per heavy atom. The number of rotatable bonds is 5. The number of aromatic nitrogens is 4. The maximum Gasteiger partial charge on any atom is 0.145 e. The SMILES string of the molecule is c1ccc(-c2nc3cc(-c4ccc5c(-c6ccccn6)c6ccccc6c(-c6ccccn6)c5c4)ccc3n2-c2ccccc2)cc1. The van der Waals surface area contributed by atoms with Gasteiger partial charge in [-0.3, -0.25) is 14.5 Å². The van der Waals surface area contributed by atoms with Gasteiger partial charge in [-0.1, -0.05) is 103 Å². The topological polar surface area (TPSA) is 43.6 Å². The van der Waals surface area contributed by atoms with Crippen LogP contribution in [0.2, 0.25) is 0 Å². The lowest BCUT2D eigenvalue weighted by Crippen LogP contribution is -1.97. The van der Waals surface area contributed by atoms with Gasteiger partial charge in [-0.15, -0.1) is 0 Å². The van der Waals surface area contributed by atoms with E-state index < -0.39 is 0 Å². The lowest BCUT2D eigenvalue weighted by atomic mass is 9.87. The van der Waals surface area contributed by atoms with E-state index in [1.54, 1.807) is 0 Å². The molecule has 6 aromatic carbocycles. The van der Waals surface area contributed by atoms with E-state index in [4.69, 9.17) is 15.0 Å². The zero-order valence-corrected chi connectivity index (χ0v) is 25.5. The molecule has 9 aromatic rings. The third kappa shape index (κ3) is 4.58. The summed E-state index contributed by atoms with van der Waals surface area (Å²) in [6, 6.07) is 55.1. The van der Waals surface area contributed by atoms with E-state index in [1.165, 1.54) is 0 Å². The van der Waals surface area contributed by atoms with Gasteiger partial charge in [-0.25, -0.2) is 4.98 Å². The fourth-order valence-electron chi connectivity index (χ4n) is 6.81. The number of fused-ring (bicyclic) bond motifs is 3. The molecular formula is C43H28N4. The zero-order chi connectivity index (χ0) is 31.2. The number of imidazole rings is 1. The van der Waals surface area contributed by atoms with Crippen molar-refractivity contribution in [3.8, 4) is 50.7 Å². The molecule has 0 saturated heterocycles. The van der Waals surface area contributed by atoms with Crippen LogP contribution in [0, 0.1) is 0 Å². The molecule has 0 amide bonds. The van der Waals surface area contributed by atoms with Gasteiger partial charge in [0.15, 0.2) is 0 Å². The van der Waals surface area contributed by atoms with Gasteiger partial charge in [0.2, 0.25) is 0 Å². The van der Waals surface area contributed by atoms with Gasteiger partial charge in [0, 0.05) is 34.8 Å². The number of hydrogen-bond donors (Lipinski definition) is 0. The highest BCUT2D eigenvalue weighted by atomic mass is 15.1. The van der Waals surface area contributed by atoms with Crippen molar-refractivity contribution in [1.82, 2.24) is 19.5 Å². The Balaban J connectivity index is 1.30. The highest BCUT2D eigenvalue weighted by molar-refractivity contribution is 6.21. The van der Waals surface area contributed by atoms with Crippen molar-refractivity contribution in [2.24, 2.45) is 0 Å². The predicted molar refractivity (Wildman–Crippen MR) is 193 cm³/mol. The molecule has 0 aliphatic rings. The third-order valence-electron chi connectivity index (χ3n) is 8.90. The molecule has 4 nitrogen and oxygen atoms in total. The molecule has 4 heteroatoms. The second-order valence-corrected chi connectivity index (χ2v) is 11.7. The summed E-state index contributed by atoms with van der Waals surface area (Å²) in [4.78, 5) is 14.8. The normalized spacial score (nSPS) is 11.4. The summed E-state index contributed by atoms with van der Waals surface area (Å²) in [6.45, 7) is 0. The molecule has 0 aliphatic carbocycles. The highest BCUT2D eigenvalue weighted by Gasteiger charge is 2.19. The largest absolute Gasteiger partial charge is 0.292 e. The first-order valence-electron chi connectivity index (χ1n) is 15.8. The first-order chi connectivity index (χ1) is 23.3. The van der Waals surface area contributed by atoms with Gasteiger partial charge >= 0.3 is 0 Å². The lowest BCUT2D eigenvalue weighted by molar-refractivity contribution is 1.10. The quantitative estimate of drug-likeness (QED) is 0.185. The minimum atomic E-state index is 0.923. The smallest absolute Gasteiger partial charge is 0.145 e. The average Bonchev–Trinajstić information content (AvgIpc) is 3.54. The summed E-state index contributed by atoms with van der Waals surface area (Å²) >= 11 is 0. The van der Waals surface area contributed by atoms with Crippen LogP contribution in [-0.2, 0) is 0 Å². The molecule has 0 aliphatic heterocycles. The fourth-order valence-corrected chi connectivity index (χ4v) is 6.81. The zero-order valence-electron chi connectivity index (χ0n) is 25.5. The van der Waals surface area contributed by atoms with Crippen LogP contribution in [0.25, 0.3) is 83.3 Å². The van der Waals surface area contributed by atoms with Crippen molar-refractivity contribution >= 4 is 32.6 Å². The summed E-state index contributed by atoms with van der Waals surface area (Å²) in [7, 11) is 0. The molecule has 0 unspecified atom stereocenters. The van der Waals surface area contributed by atoms with E-state index in [-0.39, 0.29) is 0 Å². The number of para-hydroxylation sites is 1. The number of pyridine rings is 2. The molecule has 9 rings (SSSR count). The van der Waals surface area contributed by atoms with Gasteiger partial charge in [0.1, 0.15) is 5.82 Å². The van der Waals surface area contributed by atoms with Crippen LogP contribution in [0.4, 0.5) is 0 Å². The molecule has 3 heterocycles. The highest BCUT2D eigenvalue weighted by Crippen LogP contribution is 2.44. The molecule has 0 bridgehead atoms. The maximum absolute atomic E-state index is 5.21. The molecule has 0 radical (unpaired) electrons. The van der Waals surface area contributed by atoms with Crippen molar-refractivity contribution in [2.45, 2.75) is 0 Å². The van der Waals surface area contributed by atoms with E-state index >= 15 is 0 Å². The van der Waals surface area contributed by atoms with E-state index in [1.807, 2.05) is 36.7 Å². The number of benzene rings is 6. The van der Waals surface area contributed by atoms with Crippen LogP contribution < -0.4 is 0 Å². The van der Waals surface area contributed by atoms with Crippen molar-refractivity contribution < 1.29 is 0 Å². The maximum atomic E-state index is 5.21. The summed E-state index contributed by atoms with van der Waals surface area (Å²) in [5.41, 5.74) is 10.6. The first-order valence-corrected chi connectivity index (χ1v) is 15.8. The molecule has 220 valence electrons. The molecule has 47 heavy (non-hydrogen) atoms. The Bertz CT molecular complexity index is 2540. The fraction of sp³-hybridized carbons (Fsp3) is 0. The summed E-state index contributed by atoms with van der Waals surface area (Å²) < 4.78 is 2.25. The van der Waals surface area contributed by atoms with Crippen molar-refractivity contribution in [2.75, 3.05) is 0 Å². The molecule has 0 fully saturated rings. The van der Waals surface area contributed by atoms with E-state index in [0.717, 1.165) is 83.3 Å². The molecular weight excluding hydrogens is 573 g/mol. The van der Waals surface area contributed by atoms with E-state index in [9.17, 15) is 0 Å². The average molecular weight is 601 g/mol. The summed E-state index contributed by atoms with van der Waals surface area (Å²) in [5.74, 6) is 0.923. The molecule has 0 N–H and O–H groups in total. The van der Waals surface area contributed by atoms with Crippen LogP contribution >= 0.6 is 0 Å². The second-order valence-electron chi connectivity index (χ2n) is 11.7. The van der Waals surface area contributed by atoms with Crippen LogP contribution in [0.15, 0.2) is 170 Å². The standard InChI is InChI=1S/C43H28N4/c1-3-13-29(14-4-1)43-46-39-28-31(22-24-40(39)47(43)32-15-5-2-6-16-32)30-21-23-35-36(27-30)42(38-20-10-12-26-45-38)34-18-8-7-17-33(34)41(35)37-19-9-11-25-44-37/h1-28H. The van der Waals surface area contributed by atoms with Crippen molar-refractivity contribution in [3.63, 3.8) is 0 Å². The monoisotopic (exact) mass is 600 g/mol. The second kappa shape index (κ2) is 11.2. The van der Waals surface area contributed by atoms with Gasteiger partial charge < -0.3 is 0 Å². The van der Waals surface area contributed by atoms with Crippen molar-refractivity contribution in [3.05, 3.63) is 170 Å². The molecule has 0 spiro atoms. The van der Waals surface area contributed by atoms with E-state index in [0.29, 0.717) is 0 Å². The van der Waals surface area contributed by atoms with Crippen LogP contribution in [0.5, 0.6) is 0 Å². The Labute approximate surface area is 272 Å². The van der Waals surface area contributed by atoms with Gasteiger partial charge in [0.25, 0.3) is 0 Å². The Hall–Kier alpha value is -6.39. The minimum absolute atomic E-state index is 0.923. The lowest BCUT2D eigenvalue weighted by Gasteiger charge is -2.17. The summed E-state index contributed by atoms with van der Waals surface area (Å²) in [6.07, 6.45) is 3.73. The molecule has 3 aromatic heterocycles. The minimum Gasteiger partial charge on any atom is -0.292 e. The van der Waals surface area contributed by atoms with Crippen LogP contribution in [-0.4, -0.2) is 19.5 Å². The molecule has 0 atom stereocenters. The van der Waals surface area contributed by atoms with Gasteiger partial charge in [-0.2, -0.15) is 0 Å². The van der Waals surface area contributed by atoms with Crippen LogP contribution in [0.3, 0.4) is 0 Å². The first kappa shape index (κ1) is 27.0. The third-order valence-corrected chi connectivity index (χ3v) is 8.90. The Morgan fingerprint density at radius 1 is 0.404 bits per heavy atom. The predicted octanol–water partition coefficient (Wildman–Crippen LogP) is 10.8. The number of nitrogens with zero attached hydrogens (tertiary/aromatic N) is 4. The van der Waals surface area contributed by atoms with Gasteiger partial charge in [-0.05, 0) is 87.3 Å². The molecule has 0 saturated carbocycles. The number of hydrogen-bond acceptors (Lipinski definition) is 3.